The van der Waals surface area contributed by atoms with Gasteiger partial charge in [-0.15, -0.1) is 0 Å². The summed E-state index contributed by atoms with van der Waals surface area (Å²) in [5, 5.41) is 11.4. The van der Waals surface area contributed by atoms with E-state index in [9.17, 15) is 4.79 Å². The molecule has 0 spiro atoms. The van der Waals surface area contributed by atoms with Crippen molar-refractivity contribution in [3.8, 4) is 5.69 Å². The van der Waals surface area contributed by atoms with Crippen LogP contribution in [-0.4, -0.2) is 59.9 Å². The number of aryl methyl sites for hydroxylation is 1. The lowest BCUT2D eigenvalue weighted by Crippen LogP contribution is -2.46. The van der Waals surface area contributed by atoms with Crippen LogP contribution in [0.3, 0.4) is 0 Å². The molecule has 6 nitrogen and oxygen atoms in total. The fourth-order valence-corrected chi connectivity index (χ4v) is 2.89. The van der Waals surface area contributed by atoms with Gasteiger partial charge in [0.15, 0.2) is 0 Å². The lowest BCUT2D eigenvalue weighted by atomic mass is 10.2. The minimum Gasteiger partial charge on any atom is -0.351 e. The molecule has 1 aromatic carbocycles. The van der Waals surface area contributed by atoms with Crippen LogP contribution in [0.2, 0.25) is 5.02 Å². The number of hydrogen-bond donors (Lipinski definition) is 2. The molecule has 0 atom stereocenters. The highest BCUT2D eigenvalue weighted by molar-refractivity contribution is 6.30. The molecule has 0 bridgehead atoms. The second-order valence-corrected chi connectivity index (χ2v) is 6.33. The van der Waals surface area contributed by atoms with Crippen LogP contribution in [-0.2, 0) is 0 Å². The highest BCUT2D eigenvalue weighted by atomic mass is 35.5. The van der Waals surface area contributed by atoms with E-state index >= 15 is 0 Å². The van der Waals surface area contributed by atoms with Gasteiger partial charge in [-0.1, -0.05) is 11.6 Å². The normalized spacial score (nSPS) is 15.4. The molecule has 0 aliphatic carbocycles. The Balaban J connectivity index is 1.59. The maximum atomic E-state index is 12.4. The van der Waals surface area contributed by atoms with E-state index in [4.69, 9.17) is 11.6 Å². The molecule has 1 aliphatic rings. The largest absolute Gasteiger partial charge is 0.351 e. The van der Waals surface area contributed by atoms with Gasteiger partial charge >= 0.3 is 0 Å². The first-order valence-corrected chi connectivity index (χ1v) is 8.55. The second kappa shape index (κ2) is 7.79. The topological polar surface area (TPSA) is 62.2 Å². The number of benzene rings is 1. The molecular formula is C17H22ClN5O. The van der Waals surface area contributed by atoms with E-state index in [1.807, 2.05) is 19.1 Å². The molecule has 1 aromatic heterocycles. The Hall–Kier alpha value is -1.89. The van der Waals surface area contributed by atoms with Crippen molar-refractivity contribution in [1.82, 2.24) is 25.3 Å². The molecule has 3 rings (SSSR count). The van der Waals surface area contributed by atoms with Crippen molar-refractivity contribution in [2.45, 2.75) is 6.92 Å². The Morgan fingerprint density at radius 3 is 2.71 bits per heavy atom. The van der Waals surface area contributed by atoms with Crippen LogP contribution in [0.15, 0.2) is 30.5 Å². The summed E-state index contributed by atoms with van der Waals surface area (Å²) >= 11 is 5.91. The van der Waals surface area contributed by atoms with Gasteiger partial charge in [-0.3, -0.25) is 9.69 Å². The maximum absolute atomic E-state index is 12.4. The Bertz CT molecular complexity index is 692. The third-order valence-electron chi connectivity index (χ3n) is 4.16. The molecule has 1 fully saturated rings. The smallest absolute Gasteiger partial charge is 0.254 e. The van der Waals surface area contributed by atoms with E-state index in [2.05, 4.69) is 20.6 Å². The zero-order valence-electron chi connectivity index (χ0n) is 13.8. The number of amides is 1. The van der Waals surface area contributed by atoms with Gasteiger partial charge < -0.3 is 10.6 Å². The van der Waals surface area contributed by atoms with Gasteiger partial charge in [0.05, 0.1) is 16.9 Å². The van der Waals surface area contributed by atoms with Gasteiger partial charge in [-0.25, -0.2) is 4.68 Å². The quantitative estimate of drug-likeness (QED) is 0.859. The number of aromatic nitrogens is 2. The fourth-order valence-electron chi connectivity index (χ4n) is 2.77. The van der Waals surface area contributed by atoms with Crippen molar-refractivity contribution in [2.24, 2.45) is 0 Å². The summed E-state index contributed by atoms with van der Waals surface area (Å²) in [4.78, 5) is 14.7. The minimum atomic E-state index is -0.0807. The highest BCUT2D eigenvalue weighted by Crippen LogP contribution is 2.15. The van der Waals surface area contributed by atoms with Gasteiger partial charge in [-0.05, 0) is 31.2 Å². The number of halogens is 1. The second-order valence-electron chi connectivity index (χ2n) is 5.90. The minimum absolute atomic E-state index is 0.0807. The van der Waals surface area contributed by atoms with Crippen LogP contribution in [0.25, 0.3) is 5.69 Å². The number of hydrogen-bond acceptors (Lipinski definition) is 4. The Kier molecular flexibility index (Phi) is 5.50. The summed E-state index contributed by atoms with van der Waals surface area (Å²) in [6.07, 6.45) is 1.76. The maximum Gasteiger partial charge on any atom is 0.254 e. The van der Waals surface area contributed by atoms with Crippen LogP contribution in [0.4, 0.5) is 0 Å². The van der Waals surface area contributed by atoms with Crippen LogP contribution in [0.5, 0.6) is 0 Å². The fraction of sp³-hybridized carbons (Fsp3) is 0.412. The van der Waals surface area contributed by atoms with Gasteiger partial charge in [0.25, 0.3) is 5.91 Å². The van der Waals surface area contributed by atoms with Crippen molar-refractivity contribution in [3.05, 3.63) is 46.7 Å². The van der Waals surface area contributed by atoms with Crippen LogP contribution < -0.4 is 10.6 Å². The molecule has 24 heavy (non-hydrogen) atoms. The zero-order valence-corrected chi connectivity index (χ0v) is 14.5. The molecule has 2 aromatic rings. The summed E-state index contributed by atoms with van der Waals surface area (Å²) in [6, 6.07) is 7.37. The van der Waals surface area contributed by atoms with E-state index in [0.29, 0.717) is 22.8 Å². The van der Waals surface area contributed by atoms with Gasteiger partial charge in [0, 0.05) is 50.5 Å². The monoisotopic (exact) mass is 347 g/mol. The molecule has 1 saturated heterocycles. The average molecular weight is 348 g/mol. The summed E-state index contributed by atoms with van der Waals surface area (Å²) in [5.41, 5.74) is 2.19. The lowest BCUT2D eigenvalue weighted by molar-refractivity contribution is 0.0946. The molecule has 0 unspecified atom stereocenters. The van der Waals surface area contributed by atoms with E-state index in [0.717, 1.165) is 38.4 Å². The molecule has 0 saturated carbocycles. The molecule has 0 radical (unpaired) electrons. The van der Waals surface area contributed by atoms with Crippen molar-refractivity contribution in [3.63, 3.8) is 0 Å². The first-order chi connectivity index (χ1) is 11.6. The molecule has 128 valence electrons. The number of piperazine rings is 1. The van der Waals surface area contributed by atoms with Gasteiger partial charge in [0.2, 0.25) is 0 Å². The molecule has 1 aliphatic heterocycles. The number of carbonyl (C=O) groups excluding carboxylic acids is 1. The molecular weight excluding hydrogens is 326 g/mol. The van der Waals surface area contributed by atoms with Crippen molar-refractivity contribution < 1.29 is 4.79 Å². The van der Waals surface area contributed by atoms with Crippen molar-refractivity contribution >= 4 is 17.5 Å². The van der Waals surface area contributed by atoms with Crippen molar-refractivity contribution in [2.75, 3.05) is 39.3 Å². The van der Waals surface area contributed by atoms with Crippen LogP contribution in [0.1, 0.15) is 16.1 Å². The van der Waals surface area contributed by atoms with Crippen LogP contribution >= 0.6 is 11.6 Å². The lowest BCUT2D eigenvalue weighted by Gasteiger charge is -2.27. The highest BCUT2D eigenvalue weighted by Gasteiger charge is 2.15. The summed E-state index contributed by atoms with van der Waals surface area (Å²) < 4.78 is 1.71. The zero-order chi connectivity index (χ0) is 16.9. The average Bonchev–Trinajstić information content (AvgIpc) is 2.98. The predicted octanol–water partition coefficient (Wildman–Crippen LogP) is 1.47. The Morgan fingerprint density at radius 1 is 1.29 bits per heavy atom. The predicted molar refractivity (Wildman–Crippen MR) is 95.0 cm³/mol. The number of nitrogens with one attached hydrogen (secondary N) is 2. The SMILES string of the molecule is Cc1nn(-c2ccc(Cl)cc2)cc1C(=O)NCCN1CCNCC1. The molecule has 2 heterocycles. The third-order valence-corrected chi connectivity index (χ3v) is 4.41. The number of rotatable bonds is 5. The van der Waals surface area contributed by atoms with Crippen molar-refractivity contribution in [1.29, 1.82) is 0 Å². The number of nitrogens with zero attached hydrogens (tertiary/aromatic N) is 3. The Labute approximate surface area is 146 Å². The van der Waals surface area contributed by atoms with Gasteiger partial charge in [-0.2, -0.15) is 5.10 Å². The third kappa shape index (κ3) is 4.14. The van der Waals surface area contributed by atoms with E-state index in [1.54, 1.807) is 23.0 Å². The number of carbonyl (C=O) groups is 1. The first kappa shape index (κ1) is 17.0. The summed E-state index contributed by atoms with van der Waals surface area (Å²) in [6.45, 7) is 7.45. The summed E-state index contributed by atoms with van der Waals surface area (Å²) in [7, 11) is 0. The standard InChI is InChI=1S/C17H22ClN5O/c1-13-16(12-23(21-13)15-4-2-14(18)3-5-15)17(24)20-8-11-22-9-6-19-7-10-22/h2-5,12,19H,6-11H2,1H3,(H,20,24). The summed E-state index contributed by atoms with van der Waals surface area (Å²) in [5.74, 6) is -0.0807. The molecule has 1 amide bonds. The first-order valence-electron chi connectivity index (χ1n) is 8.17. The van der Waals surface area contributed by atoms with E-state index < -0.39 is 0 Å². The Morgan fingerprint density at radius 2 is 2.00 bits per heavy atom. The van der Waals surface area contributed by atoms with Gasteiger partial charge in [0.1, 0.15) is 0 Å². The van der Waals surface area contributed by atoms with E-state index in [-0.39, 0.29) is 5.91 Å². The van der Waals surface area contributed by atoms with Crippen LogP contribution in [0, 0.1) is 6.92 Å². The molecule has 7 heteroatoms. The molecule has 2 N–H and O–H groups in total. The van der Waals surface area contributed by atoms with E-state index in [1.165, 1.54) is 0 Å².